The van der Waals surface area contributed by atoms with Gasteiger partial charge in [0.05, 0.1) is 18.8 Å². The monoisotopic (exact) mass is 508 g/mol. The van der Waals surface area contributed by atoms with Gasteiger partial charge in [-0.25, -0.2) is 0 Å². The molecule has 2 aromatic carbocycles. The molecule has 0 saturated carbocycles. The smallest absolute Gasteiger partial charge is 0.253 e. The fraction of sp³-hybridized carbons (Fsp3) is 0.300. The van der Waals surface area contributed by atoms with Gasteiger partial charge in [-0.1, -0.05) is 18.2 Å². The van der Waals surface area contributed by atoms with Crippen LogP contribution in [0.3, 0.4) is 0 Å². The van der Waals surface area contributed by atoms with E-state index in [1.165, 1.54) is 0 Å². The van der Waals surface area contributed by atoms with Crippen molar-refractivity contribution in [3.8, 4) is 34.3 Å². The van der Waals surface area contributed by atoms with Gasteiger partial charge < -0.3 is 24.1 Å². The molecule has 0 radical (unpaired) electrons. The molecule has 0 spiro atoms. The van der Waals surface area contributed by atoms with Gasteiger partial charge in [0, 0.05) is 68.0 Å². The normalized spacial score (nSPS) is 16.3. The summed E-state index contributed by atoms with van der Waals surface area (Å²) in [7, 11) is 0. The second-order valence-corrected chi connectivity index (χ2v) is 9.56. The lowest BCUT2D eigenvalue weighted by Gasteiger charge is -2.27. The molecule has 4 heterocycles. The topological polar surface area (TPSA) is 101 Å². The highest BCUT2D eigenvalue weighted by Crippen LogP contribution is 2.35. The number of nitrogens with zero attached hydrogens (tertiary/aromatic N) is 3. The van der Waals surface area contributed by atoms with Crippen molar-refractivity contribution in [3.63, 3.8) is 0 Å². The quantitative estimate of drug-likeness (QED) is 0.419. The lowest BCUT2D eigenvalue weighted by atomic mass is 10.0. The Bertz CT molecular complexity index is 1490. The molecule has 4 aromatic rings. The fourth-order valence-electron chi connectivity index (χ4n) is 5.00. The van der Waals surface area contributed by atoms with Crippen LogP contribution in [0.15, 0.2) is 65.2 Å². The molecule has 2 aliphatic heterocycles. The Labute approximate surface area is 220 Å². The average molecular weight is 509 g/mol. The van der Waals surface area contributed by atoms with Gasteiger partial charge in [-0.05, 0) is 35.9 Å². The van der Waals surface area contributed by atoms with E-state index >= 15 is 0 Å². The molecule has 2 aliphatic rings. The predicted molar refractivity (Wildman–Crippen MR) is 143 cm³/mol. The first-order valence-corrected chi connectivity index (χ1v) is 13.0. The van der Waals surface area contributed by atoms with Crippen molar-refractivity contribution in [2.24, 2.45) is 0 Å². The third kappa shape index (κ3) is 4.86. The van der Waals surface area contributed by atoms with Gasteiger partial charge in [-0.2, -0.15) is 5.26 Å². The Morgan fingerprint density at radius 2 is 1.79 bits per heavy atom. The van der Waals surface area contributed by atoms with Crippen LogP contribution in [0.4, 0.5) is 0 Å². The van der Waals surface area contributed by atoms with Crippen LogP contribution in [0.1, 0.15) is 28.8 Å². The number of benzene rings is 2. The third-order valence-electron chi connectivity index (χ3n) is 7.11. The van der Waals surface area contributed by atoms with E-state index in [0.29, 0.717) is 41.4 Å². The molecule has 0 aliphatic carbocycles. The molecule has 0 atom stereocenters. The van der Waals surface area contributed by atoms with Crippen molar-refractivity contribution in [1.82, 2.24) is 15.2 Å². The van der Waals surface area contributed by atoms with Gasteiger partial charge in [0.25, 0.3) is 5.91 Å². The number of nitrogens with one attached hydrogen (secondary N) is 1. The maximum atomic E-state index is 12.8. The van der Waals surface area contributed by atoms with Crippen molar-refractivity contribution in [2.45, 2.75) is 18.9 Å². The van der Waals surface area contributed by atoms with E-state index in [1.54, 1.807) is 6.20 Å². The molecule has 2 saturated heterocycles. The molecular formula is C30H28N4O4. The number of nitriles is 1. The second kappa shape index (κ2) is 10.7. The molecule has 2 fully saturated rings. The number of piperazine rings is 1. The standard InChI is InChI=1S/C30H28N4O4/c31-19-23-17-22(5-6-27(23)37-24-8-15-36-16-9-24)25-7-10-33-26-18-28(38-29(25)26)20-1-3-21(4-2-20)30(35)34-13-11-32-12-14-34/h1-7,10,17-18,24,32H,8-9,11-16H2. The summed E-state index contributed by atoms with van der Waals surface area (Å²) in [5, 5.41) is 13.1. The largest absolute Gasteiger partial charge is 0.489 e. The summed E-state index contributed by atoms with van der Waals surface area (Å²) in [5.74, 6) is 1.30. The van der Waals surface area contributed by atoms with Crippen LogP contribution in [-0.2, 0) is 4.74 Å². The van der Waals surface area contributed by atoms with Crippen LogP contribution in [-0.4, -0.2) is 61.3 Å². The molecule has 38 heavy (non-hydrogen) atoms. The van der Waals surface area contributed by atoms with E-state index < -0.39 is 0 Å². The summed E-state index contributed by atoms with van der Waals surface area (Å²) >= 11 is 0. The number of carbonyl (C=O) groups is 1. The maximum absolute atomic E-state index is 12.8. The predicted octanol–water partition coefficient (Wildman–Crippen LogP) is 4.64. The number of amides is 1. The Morgan fingerprint density at radius 1 is 1.03 bits per heavy atom. The number of ether oxygens (including phenoxy) is 2. The van der Waals surface area contributed by atoms with E-state index in [4.69, 9.17) is 13.9 Å². The van der Waals surface area contributed by atoms with Crippen LogP contribution in [0.5, 0.6) is 5.75 Å². The van der Waals surface area contributed by atoms with Gasteiger partial charge in [0.1, 0.15) is 29.2 Å². The molecule has 2 aromatic heterocycles. The molecular weight excluding hydrogens is 480 g/mol. The summed E-state index contributed by atoms with van der Waals surface area (Å²) in [4.78, 5) is 19.2. The minimum Gasteiger partial charge on any atom is -0.489 e. The third-order valence-corrected chi connectivity index (χ3v) is 7.11. The molecule has 0 unspecified atom stereocenters. The highest BCUT2D eigenvalue weighted by atomic mass is 16.5. The first-order chi connectivity index (χ1) is 18.7. The number of hydrogen-bond donors (Lipinski definition) is 1. The molecule has 6 rings (SSSR count). The zero-order chi connectivity index (χ0) is 25.9. The van der Waals surface area contributed by atoms with E-state index in [9.17, 15) is 10.1 Å². The highest BCUT2D eigenvalue weighted by molar-refractivity contribution is 5.95. The molecule has 192 valence electrons. The van der Waals surface area contributed by atoms with E-state index in [1.807, 2.05) is 59.5 Å². The SMILES string of the molecule is N#Cc1cc(-c2ccnc3cc(-c4ccc(C(=O)N5CCNCC5)cc4)oc23)ccc1OC1CCOCC1. The Kier molecular flexibility index (Phi) is 6.78. The first-order valence-electron chi connectivity index (χ1n) is 13.0. The van der Waals surface area contributed by atoms with Gasteiger partial charge in [-0.15, -0.1) is 0 Å². The minimum atomic E-state index is 0.0455. The fourth-order valence-corrected chi connectivity index (χ4v) is 5.00. The summed E-state index contributed by atoms with van der Waals surface area (Å²) in [6.45, 7) is 4.42. The van der Waals surface area contributed by atoms with Crippen molar-refractivity contribution in [3.05, 3.63) is 71.9 Å². The minimum absolute atomic E-state index is 0.0455. The molecule has 1 N–H and O–H groups in total. The second-order valence-electron chi connectivity index (χ2n) is 9.56. The molecule has 8 heteroatoms. The van der Waals surface area contributed by atoms with Crippen molar-refractivity contribution in [2.75, 3.05) is 39.4 Å². The molecule has 8 nitrogen and oxygen atoms in total. The number of hydrogen-bond acceptors (Lipinski definition) is 7. The van der Waals surface area contributed by atoms with Crippen LogP contribution in [0.25, 0.3) is 33.6 Å². The zero-order valence-corrected chi connectivity index (χ0v) is 21.0. The number of pyridine rings is 1. The summed E-state index contributed by atoms with van der Waals surface area (Å²) in [6, 6.07) is 19.2. The Morgan fingerprint density at radius 3 is 2.55 bits per heavy atom. The Balaban J connectivity index is 1.27. The number of furan rings is 1. The van der Waals surface area contributed by atoms with Crippen molar-refractivity contribution in [1.29, 1.82) is 5.26 Å². The average Bonchev–Trinajstić information content (AvgIpc) is 3.43. The van der Waals surface area contributed by atoms with Gasteiger partial charge in [0.15, 0.2) is 5.58 Å². The van der Waals surface area contributed by atoms with Crippen LogP contribution in [0.2, 0.25) is 0 Å². The number of fused-ring (bicyclic) bond motifs is 1. The van der Waals surface area contributed by atoms with E-state index in [0.717, 1.165) is 61.2 Å². The van der Waals surface area contributed by atoms with Crippen molar-refractivity contribution < 1.29 is 18.7 Å². The highest BCUT2D eigenvalue weighted by Gasteiger charge is 2.20. The lowest BCUT2D eigenvalue weighted by Crippen LogP contribution is -2.46. The number of rotatable bonds is 5. The van der Waals surface area contributed by atoms with Crippen molar-refractivity contribution >= 4 is 17.0 Å². The summed E-state index contributed by atoms with van der Waals surface area (Å²) < 4.78 is 17.8. The Hall–Kier alpha value is -4.19. The van der Waals surface area contributed by atoms with Gasteiger partial charge >= 0.3 is 0 Å². The van der Waals surface area contributed by atoms with Gasteiger partial charge in [-0.3, -0.25) is 9.78 Å². The first kappa shape index (κ1) is 24.2. The number of aromatic nitrogens is 1. The lowest BCUT2D eigenvalue weighted by molar-refractivity contribution is 0.0254. The summed E-state index contributed by atoms with van der Waals surface area (Å²) in [5.41, 5.74) is 5.08. The molecule has 0 bridgehead atoms. The molecule has 1 amide bonds. The van der Waals surface area contributed by atoms with E-state index in [-0.39, 0.29) is 12.0 Å². The number of carbonyl (C=O) groups excluding carboxylic acids is 1. The van der Waals surface area contributed by atoms with E-state index in [2.05, 4.69) is 16.4 Å². The van der Waals surface area contributed by atoms with Crippen LogP contribution < -0.4 is 10.1 Å². The van der Waals surface area contributed by atoms with Gasteiger partial charge in [0.2, 0.25) is 0 Å². The van der Waals surface area contributed by atoms with Crippen LogP contribution in [0, 0.1) is 11.3 Å². The summed E-state index contributed by atoms with van der Waals surface area (Å²) in [6.07, 6.45) is 3.43. The van der Waals surface area contributed by atoms with Crippen LogP contribution >= 0.6 is 0 Å². The maximum Gasteiger partial charge on any atom is 0.253 e. The zero-order valence-electron chi connectivity index (χ0n) is 21.0.